The van der Waals surface area contributed by atoms with E-state index in [0.29, 0.717) is 5.92 Å². The minimum Gasteiger partial charge on any atom is -0.316 e. The van der Waals surface area contributed by atoms with Crippen LogP contribution in [0.15, 0.2) is 12.3 Å². The highest BCUT2D eigenvalue weighted by Gasteiger charge is 2.18. The molecule has 0 aromatic carbocycles. The van der Waals surface area contributed by atoms with E-state index in [-0.39, 0.29) is 0 Å². The van der Waals surface area contributed by atoms with Crippen LogP contribution in [0.2, 0.25) is 0 Å². The van der Waals surface area contributed by atoms with Crippen molar-refractivity contribution in [2.45, 2.75) is 12.3 Å². The molecule has 3 heteroatoms. The Kier molecular flexibility index (Phi) is 1.66. The van der Waals surface area contributed by atoms with Crippen LogP contribution in [0.25, 0.3) is 0 Å². The summed E-state index contributed by atoms with van der Waals surface area (Å²) in [6.45, 7) is 2.26. The first-order valence-corrected chi connectivity index (χ1v) is 4.06. The molecule has 1 unspecified atom stereocenters. The molecule has 3 nitrogen and oxygen atoms in total. The number of aromatic nitrogens is 2. The summed E-state index contributed by atoms with van der Waals surface area (Å²) in [7, 11) is 2.01. The minimum atomic E-state index is 0.683. The van der Waals surface area contributed by atoms with Crippen LogP contribution in [-0.2, 0) is 7.05 Å². The Hall–Kier alpha value is -0.830. The van der Waals surface area contributed by atoms with E-state index in [2.05, 4.69) is 16.5 Å². The Labute approximate surface area is 66.4 Å². The molecule has 0 saturated carbocycles. The third-order valence-corrected chi connectivity index (χ3v) is 2.34. The Bertz CT molecular complexity index is 235. The predicted octanol–water partition coefficient (Wildman–Crippen LogP) is 0.497. The summed E-state index contributed by atoms with van der Waals surface area (Å²) in [6.07, 6.45) is 3.12. The van der Waals surface area contributed by atoms with Crippen molar-refractivity contribution in [1.82, 2.24) is 15.1 Å². The molecule has 0 spiro atoms. The number of hydrogen-bond acceptors (Lipinski definition) is 2. The highest BCUT2D eigenvalue weighted by molar-refractivity contribution is 5.09. The van der Waals surface area contributed by atoms with Crippen molar-refractivity contribution in [3.05, 3.63) is 18.0 Å². The minimum absolute atomic E-state index is 0.683. The molecule has 1 fully saturated rings. The second-order valence-corrected chi connectivity index (χ2v) is 3.07. The molecule has 0 bridgehead atoms. The molecule has 0 aliphatic carbocycles. The van der Waals surface area contributed by atoms with Crippen LogP contribution in [0, 0.1) is 0 Å². The maximum Gasteiger partial charge on any atom is 0.0492 e. The van der Waals surface area contributed by atoms with Gasteiger partial charge in [0.05, 0.1) is 0 Å². The van der Waals surface area contributed by atoms with Gasteiger partial charge in [0.15, 0.2) is 0 Å². The lowest BCUT2D eigenvalue weighted by molar-refractivity contribution is 0.637. The van der Waals surface area contributed by atoms with E-state index >= 15 is 0 Å². The van der Waals surface area contributed by atoms with Crippen LogP contribution < -0.4 is 5.32 Å². The number of nitrogens with one attached hydrogen (secondary N) is 1. The Morgan fingerprint density at radius 3 is 3.18 bits per heavy atom. The number of nitrogens with zero attached hydrogens (tertiary/aromatic N) is 2. The maximum absolute atomic E-state index is 4.15. The van der Waals surface area contributed by atoms with Gasteiger partial charge >= 0.3 is 0 Å². The maximum atomic E-state index is 4.15. The summed E-state index contributed by atoms with van der Waals surface area (Å²) in [5.41, 5.74) is 1.36. The Morgan fingerprint density at radius 1 is 1.73 bits per heavy atom. The summed E-state index contributed by atoms with van der Waals surface area (Å²) in [5, 5.41) is 7.50. The van der Waals surface area contributed by atoms with Gasteiger partial charge in [0.2, 0.25) is 0 Å². The average molecular weight is 151 g/mol. The fourth-order valence-corrected chi connectivity index (χ4v) is 1.69. The molecular formula is C8H13N3. The van der Waals surface area contributed by atoms with E-state index < -0.39 is 0 Å². The van der Waals surface area contributed by atoms with Crippen molar-refractivity contribution in [2.75, 3.05) is 13.1 Å². The van der Waals surface area contributed by atoms with Gasteiger partial charge in [0.25, 0.3) is 0 Å². The third-order valence-electron chi connectivity index (χ3n) is 2.34. The molecule has 1 atom stereocenters. The van der Waals surface area contributed by atoms with Gasteiger partial charge in [-0.3, -0.25) is 4.68 Å². The third kappa shape index (κ3) is 1.16. The van der Waals surface area contributed by atoms with E-state index in [1.54, 1.807) is 0 Å². The molecule has 0 amide bonds. The van der Waals surface area contributed by atoms with Crippen LogP contribution in [0.1, 0.15) is 18.0 Å². The van der Waals surface area contributed by atoms with E-state index in [4.69, 9.17) is 0 Å². The van der Waals surface area contributed by atoms with Crippen LogP contribution >= 0.6 is 0 Å². The average Bonchev–Trinajstić information content (AvgIpc) is 2.55. The monoisotopic (exact) mass is 151 g/mol. The number of hydrogen-bond donors (Lipinski definition) is 1. The quantitative estimate of drug-likeness (QED) is 0.633. The van der Waals surface area contributed by atoms with E-state index in [0.717, 1.165) is 13.1 Å². The van der Waals surface area contributed by atoms with Crippen molar-refractivity contribution < 1.29 is 0 Å². The molecule has 1 N–H and O–H groups in total. The summed E-state index contributed by atoms with van der Waals surface area (Å²) in [4.78, 5) is 0. The summed E-state index contributed by atoms with van der Waals surface area (Å²) in [6, 6.07) is 2.11. The lowest BCUT2D eigenvalue weighted by atomic mass is 10.1. The van der Waals surface area contributed by atoms with Gasteiger partial charge < -0.3 is 5.32 Å². The van der Waals surface area contributed by atoms with Crippen molar-refractivity contribution in [2.24, 2.45) is 7.05 Å². The largest absolute Gasteiger partial charge is 0.316 e. The molecule has 11 heavy (non-hydrogen) atoms. The van der Waals surface area contributed by atoms with Crippen LogP contribution in [0.3, 0.4) is 0 Å². The van der Waals surface area contributed by atoms with E-state index in [9.17, 15) is 0 Å². The summed E-state index contributed by atoms with van der Waals surface area (Å²) >= 11 is 0. The molecule has 60 valence electrons. The zero-order valence-electron chi connectivity index (χ0n) is 6.75. The first-order chi connectivity index (χ1) is 5.38. The lowest BCUT2D eigenvalue weighted by Gasteiger charge is -2.07. The van der Waals surface area contributed by atoms with Crippen LogP contribution in [0.4, 0.5) is 0 Å². The van der Waals surface area contributed by atoms with Crippen molar-refractivity contribution in [3.63, 3.8) is 0 Å². The fraction of sp³-hybridized carbons (Fsp3) is 0.625. The van der Waals surface area contributed by atoms with Gasteiger partial charge in [-0.15, -0.1) is 0 Å². The van der Waals surface area contributed by atoms with Gasteiger partial charge in [0, 0.05) is 31.4 Å². The molecule has 1 aromatic rings. The van der Waals surface area contributed by atoms with Gasteiger partial charge in [-0.05, 0) is 19.0 Å². The first-order valence-electron chi connectivity index (χ1n) is 4.06. The summed E-state index contributed by atoms with van der Waals surface area (Å²) < 4.78 is 1.97. The predicted molar refractivity (Wildman–Crippen MR) is 43.4 cm³/mol. The SMILES string of the molecule is Cn1nccc1C1CCNC1. The van der Waals surface area contributed by atoms with Gasteiger partial charge in [-0.2, -0.15) is 5.10 Å². The van der Waals surface area contributed by atoms with E-state index in [1.165, 1.54) is 12.1 Å². The second kappa shape index (κ2) is 2.66. The zero-order valence-corrected chi connectivity index (χ0v) is 6.75. The topological polar surface area (TPSA) is 29.9 Å². The Balaban J connectivity index is 2.21. The fourth-order valence-electron chi connectivity index (χ4n) is 1.69. The highest BCUT2D eigenvalue weighted by atomic mass is 15.3. The molecule has 1 saturated heterocycles. The smallest absolute Gasteiger partial charge is 0.0492 e. The zero-order chi connectivity index (χ0) is 7.68. The molecule has 0 radical (unpaired) electrons. The normalized spacial score (nSPS) is 24.3. The van der Waals surface area contributed by atoms with Crippen LogP contribution in [0.5, 0.6) is 0 Å². The van der Waals surface area contributed by atoms with Crippen molar-refractivity contribution in [1.29, 1.82) is 0 Å². The molecule has 2 heterocycles. The van der Waals surface area contributed by atoms with Crippen LogP contribution in [-0.4, -0.2) is 22.9 Å². The molecule has 1 aliphatic rings. The number of aryl methyl sites for hydroxylation is 1. The van der Waals surface area contributed by atoms with Gasteiger partial charge in [0.1, 0.15) is 0 Å². The van der Waals surface area contributed by atoms with Crippen molar-refractivity contribution >= 4 is 0 Å². The lowest BCUT2D eigenvalue weighted by Crippen LogP contribution is -2.10. The summed E-state index contributed by atoms with van der Waals surface area (Å²) in [5.74, 6) is 0.683. The van der Waals surface area contributed by atoms with Gasteiger partial charge in [-0.1, -0.05) is 0 Å². The standard InChI is InChI=1S/C8H13N3/c1-11-8(3-5-10-11)7-2-4-9-6-7/h3,5,7,9H,2,4,6H2,1H3. The highest BCUT2D eigenvalue weighted by Crippen LogP contribution is 2.20. The molecular weight excluding hydrogens is 138 g/mol. The Morgan fingerprint density at radius 2 is 2.64 bits per heavy atom. The number of rotatable bonds is 1. The molecule has 1 aliphatic heterocycles. The first kappa shape index (κ1) is 6.85. The molecule has 1 aromatic heterocycles. The van der Waals surface area contributed by atoms with E-state index in [1.807, 2.05) is 17.9 Å². The molecule has 2 rings (SSSR count). The van der Waals surface area contributed by atoms with Crippen molar-refractivity contribution in [3.8, 4) is 0 Å². The second-order valence-electron chi connectivity index (χ2n) is 3.07. The van der Waals surface area contributed by atoms with Gasteiger partial charge in [-0.25, -0.2) is 0 Å².